The Labute approximate surface area is 161 Å². The number of morpholine rings is 1. The van der Waals surface area contributed by atoms with Crippen LogP contribution in [0.5, 0.6) is 5.75 Å². The number of nitrogens with zero attached hydrogens (tertiary/aromatic N) is 3. The van der Waals surface area contributed by atoms with Crippen LogP contribution in [0.4, 0.5) is 5.69 Å². The molecule has 0 atom stereocenters. The fourth-order valence-electron chi connectivity index (χ4n) is 2.75. The van der Waals surface area contributed by atoms with E-state index in [1.807, 2.05) is 6.07 Å². The van der Waals surface area contributed by atoms with E-state index >= 15 is 0 Å². The van der Waals surface area contributed by atoms with Crippen LogP contribution in [0.1, 0.15) is 11.1 Å². The van der Waals surface area contributed by atoms with E-state index in [1.54, 1.807) is 24.3 Å². The van der Waals surface area contributed by atoms with Gasteiger partial charge in [0.15, 0.2) is 5.75 Å². The molecule has 0 saturated carbocycles. The van der Waals surface area contributed by atoms with Gasteiger partial charge >= 0.3 is 5.69 Å². The SMILES string of the molecule is N#Cc1cccc(COc2ccc(S(=O)(=O)N3CCOCC3)cc2[N+](=O)[O-])c1. The lowest BCUT2D eigenvalue weighted by Gasteiger charge is -2.26. The van der Waals surface area contributed by atoms with Crippen molar-refractivity contribution >= 4 is 15.7 Å². The third-order valence-corrected chi connectivity index (χ3v) is 6.08. The van der Waals surface area contributed by atoms with Gasteiger partial charge in [-0.2, -0.15) is 9.57 Å². The maximum Gasteiger partial charge on any atom is 0.312 e. The average molecular weight is 403 g/mol. The third kappa shape index (κ3) is 4.28. The minimum atomic E-state index is -3.85. The number of sulfonamides is 1. The van der Waals surface area contributed by atoms with Gasteiger partial charge in [0.25, 0.3) is 0 Å². The third-order valence-electron chi connectivity index (χ3n) is 4.19. The molecule has 1 aliphatic heterocycles. The molecule has 2 aromatic rings. The second-order valence-corrected chi connectivity index (χ2v) is 7.94. The van der Waals surface area contributed by atoms with Crippen LogP contribution in [0.15, 0.2) is 47.4 Å². The van der Waals surface area contributed by atoms with Crippen molar-refractivity contribution in [1.82, 2.24) is 4.31 Å². The molecule has 1 aliphatic rings. The number of hydrogen-bond donors (Lipinski definition) is 0. The Morgan fingerprint density at radius 2 is 1.96 bits per heavy atom. The number of ether oxygens (including phenoxy) is 2. The summed E-state index contributed by atoms with van der Waals surface area (Å²) in [4.78, 5) is 10.6. The molecule has 2 aromatic carbocycles. The van der Waals surface area contributed by atoms with Gasteiger partial charge < -0.3 is 9.47 Å². The van der Waals surface area contributed by atoms with Gasteiger partial charge in [0.05, 0.1) is 34.7 Å². The van der Waals surface area contributed by atoms with E-state index in [9.17, 15) is 18.5 Å². The molecule has 0 radical (unpaired) electrons. The molecule has 0 bridgehead atoms. The van der Waals surface area contributed by atoms with Crippen LogP contribution >= 0.6 is 0 Å². The summed E-state index contributed by atoms with van der Waals surface area (Å²) in [5, 5.41) is 20.4. The fourth-order valence-corrected chi connectivity index (χ4v) is 4.18. The first-order chi connectivity index (χ1) is 13.4. The molecule has 1 heterocycles. The lowest BCUT2D eigenvalue weighted by Crippen LogP contribution is -2.40. The highest BCUT2D eigenvalue weighted by Crippen LogP contribution is 2.31. The Kier molecular flexibility index (Phi) is 5.89. The molecule has 0 unspecified atom stereocenters. The molecule has 1 fully saturated rings. The molecule has 0 N–H and O–H groups in total. The van der Waals surface area contributed by atoms with Crippen LogP contribution < -0.4 is 4.74 Å². The predicted molar refractivity (Wildman–Crippen MR) is 98.2 cm³/mol. The van der Waals surface area contributed by atoms with E-state index in [1.165, 1.54) is 16.4 Å². The minimum Gasteiger partial charge on any atom is -0.482 e. The lowest BCUT2D eigenvalue weighted by molar-refractivity contribution is -0.386. The molecule has 146 valence electrons. The normalized spacial score (nSPS) is 15.0. The van der Waals surface area contributed by atoms with E-state index < -0.39 is 20.6 Å². The van der Waals surface area contributed by atoms with Crippen molar-refractivity contribution in [3.63, 3.8) is 0 Å². The Balaban J connectivity index is 1.85. The largest absolute Gasteiger partial charge is 0.482 e. The quantitative estimate of drug-likeness (QED) is 0.534. The smallest absolute Gasteiger partial charge is 0.312 e. The van der Waals surface area contributed by atoms with Crippen molar-refractivity contribution in [1.29, 1.82) is 5.26 Å². The summed E-state index contributed by atoms with van der Waals surface area (Å²) in [6.07, 6.45) is 0. The topological polar surface area (TPSA) is 123 Å². The zero-order valence-electron chi connectivity index (χ0n) is 14.8. The summed E-state index contributed by atoms with van der Waals surface area (Å²) >= 11 is 0. The van der Waals surface area contributed by atoms with Crippen LogP contribution in [0.2, 0.25) is 0 Å². The number of rotatable bonds is 6. The summed E-state index contributed by atoms with van der Waals surface area (Å²) in [6.45, 7) is 0.966. The van der Waals surface area contributed by atoms with Crippen molar-refractivity contribution in [3.8, 4) is 11.8 Å². The van der Waals surface area contributed by atoms with Crippen LogP contribution in [0.3, 0.4) is 0 Å². The van der Waals surface area contributed by atoms with Gasteiger partial charge in [-0.15, -0.1) is 0 Å². The number of nitriles is 1. The van der Waals surface area contributed by atoms with Crippen molar-refractivity contribution in [2.45, 2.75) is 11.5 Å². The van der Waals surface area contributed by atoms with Crippen LogP contribution in [0, 0.1) is 21.4 Å². The van der Waals surface area contributed by atoms with Gasteiger partial charge in [0, 0.05) is 19.2 Å². The second kappa shape index (κ2) is 8.35. The van der Waals surface area contributed by atoms with E-state index in [4.69, 9.17) is 14.7 Å². The molecule has 28 heavy (non-hydrogen) atoms. The Morgan fingerprint density at radius 3 is 2.64 bits per heavy atom. The summed E-state index contributed by atoms with van der Waals surface area (Å²) in [5.41, 5.74) is 0.673. The molecule has 0 aliphatic carbocycles. The summed E-state index contributed by atoms with van der Waals surface area (Å²) < 4.78 is 37.3. The predicted octanol–water partition coefficient (Wildman–Crippen LogP) is 2.07. The van der Waals surface area contributed by atoms with E-state index in [-0.39, 0.29) is 43.6 Å². The Bertz CT molecular complexity index is 1030. The van der Waals surface area contributed by atoms with Crippen LogP contribution in [0.25, 0.3) is 0 Å². The molecule has 0 spiro atoms. The zero-order valence-corrected chi connectivity index (χ0v) is 15.6. The molecule has 10 heteroatoms. The molecule has 1 saturated heterocycles. The summed E-state index contributed by atoms with van der Waals surface area (Å²) in [6, 6.07) is 12.2. The van der Waals surface area contributed by atoms with E-state index in [0.717, 1.165) is 6.07 Å². The van der Waals surface area contributed by atoms with Gasteiger partial charge in [-0.1, -0.05) is 12.1 Å². The van der Waals surface area contributed by atoms with Crippen molar-refractivity contribution in [2.24, 2.45) is 0 Å². The number of benzene rings is 2. The molecular weight excluding hydrogens is 386 g/mol. The first-order valence-electron chi connectivity index (χ1n) is 8.40. The fraction of sp³-hybridized carbons (Fsp3) is 0.278. The number of hydrogen-bond acceptors (Lipinski definition) is 7. The zero-order chi connectivity index (χ0) is 20.1. The highest BCUT2D eigenvalue weighted by Gasteiger charge is 2.29. The van der Waals surface area contributed by atoms with Crippen LogP contribution in [-0.2, 0) is 21.4 Å². The average Bonchev–Trinajstić information content (AvgIpc) is 2.72. The first kappa shape index (κ1) is 19.8. The van der Waals surface area contributed by atoms with E-state index in [0.29, 0.717) is 11.1 Å². The maximum absolute atomic E-state index is 12.7. The van der Waals surface area contributed by atoms with Crippen molar-refractivity contribution in [3.05, 3.63) is 63.7 Å². The Hall–Kier alpha value is -3.00. The lowest BCUT2D eigenvalue weighted by atomic mass is 10.1. The maximum atomic E-state index is 12.7. The van der Waals surface area contributed by atoms with Crippen LogP contribution in [-0.4, -0.2) is 43.9 Å². The highest BCUT2D eigenvalue weighted by molar-refractivity contribution is 7.89. The number of nitro benzene ring substituents is 1. The molecule has 9 nitrogen and oxygen atoms in total. The molecule has 0 amide bonds. The van der Waals surface area contributed by atoms with Gasteiger partial charge in [0.1, 0.15) is 6.61 Å². The number of nitro groups is 1. The first-order valence-corrected chi connectivity index (χ1v) is 9.84. The monoisotopic (exact) mass is 403 g/mol. The van der Waals surface area contributed by atoms with Gasteiger partial charge in [-0.25, -0.2) is 8.42 Å². The molecule has 3 rings (SSSR count). The van der Waals surface area contributed by atoms with E-state index in [2.05, 4.69) is 0 Å². The second-order valence-electron chi connectivity index (χ2n) is 6.00. The molecular formula is C18H17N3O6S. The minimum absolute atomic E-state index is 0.00587. The van der Waals surface area contributed by atoms with Crippen molar-refractivity contribution in [2.75, 3.05) is 26.3 Å². The highest BCUT2D eigenvalue weighted by atomic mass is 32.2. The van der Waals surface area contributed by atoms with Gasteiger partial charge in [0.2, 0.25) is 10.0 Å². The van der Waals surface area contributed by atoms with Crippen molar-refractivity contribution < 1.29 is 22.8 Å². The summed E-state index contributed by atoms with van der Waals surface area (Å²) in [7, 11) is -3.85. The van der Waals surface area contributed by atoms with Gasteiger partial charge in [-0.05, 0) is 29.8 Å². The summed E-state index contributed by atoms with van der Waals surface area (Å²) in [5.74, 6) is -0.0479. The standard InChI is InChI=1S/C18H17N3O6S/c19-12-14-2-1-3-15(10-14)13-27-18-5-4-16(11-17(18)21(22)23)28(24,25)20-6-8-26-9-7-20/h1-5,10-11H,6-9,13H2. The molecule has 0 aromatic heterocycles. The van der Waals surface area contributed by atoms with Gasteiger partial charge in [-0.3, -0.25) is 10.1 Å². The Morgan fingerprint density at radius 1 is 1.21 bits per heavy atom.